The highest BCUT2D eigenvalue weighted by Crippen LogP contribution is 2.15. The molecule has 0 N–H and O–H groups in total. The van der Waals surface area contributed by atoms with E-state index in [1.165, 1.54) is 6.39 Å². The first-order valence-electron chi connectivity index (χ1n) is 3.14. The minimum Gasteiger partial charge on any atom is -0.443 e. The maximum atomic E-state index is 8.62. The summed E-state index contributed by atoms with van der Waals surface area (Å²) in [4.78, 5) is 3.90. The molecule has 0 amide bonds. The van der Waals surface area contributed by atoms with Crippen molar-refractivity contribution < 1.29 is 4.42 Å². The number of rotatable bonds is 0. The molecule has 11 heavy (non-hydrogen) atoms. The van der Waals surface area contributed by atoms with Crippen LogP contribution in [0.25, 0.3) is 11.1 Å². The number of oxazole rings is 1. The van der Waals surface area contributed by atoms with Crippen LogP contribution in [0, 0.1) is 11.3 Å². The van der Waals surface area contributed by atoms with Crippen LogP contribution < -0.4 is 0 Å². The highest BCUT2D eigenvalue weighted by atomic mass is 16.3. The molecule has 0 radical (unpaired) electrons. The SMILES string of the molecule is N#Cc1cccc2ocnc12. The molecule has 0 bridgehead atoms. The van der Waals surface area contributed by atoms with E-state index in [-0.39, 0.29) is 0 Å². The van der Waals surface area contributed by atoms with Crippen LogP contribution in [-0.2, 0) is 0 Å². The number of hydrogen-bond donors (Lipinski definition) is 0. The Morgan fingerprint density at radius 1 is 1.45 bits per heavy atom. The number of aromatic nitrogens is 1. The van der Waals surface area contributed by atoms with Crippen LogP contribution in [0.3, 0.4) is 0 Å². The Morgan fingerprint density at radius 2 is 2.36 bits per heavy atom. The second-order valence-corrected chi connectivity index (χ2v) is 2.12. The molecule has 1 aromatic carbocycles. The lowest BCUT2D eigenvalue weighted by Gasteiger charge is -1.86. The van der Waals surface area contributed by atoms with E-state index in [9.17, 15) is 0 Å². The van der Waals surface area contributed by atoms with E-state index in [4.69, 9.17) is 9.68 Å². The number of hydrogen-bond acceptors (Lipinski definition) is 3. The summed E-state index contributed by atoms with van der Waals surface area (Å²) in [5.74, 6) is 0. The van der Waals surface area contributed by atoms with Crippen molar-refractivity contribution in [3.05, 3.63) is 30.2 Å². The summed E-state index contributed by atoms with van der Waals surface area (Å²) in [6, 6.07) is 7.30. The minimum absolute atomic E-state index is 0.552. The predicted molar refractivity (Wildman–Crippen MR) is 38.7 cm³/mol. The summed E-state index contributed by atoms with van der Waals surface area (Å²) < 4.78 is 5.00. The van der Waals surface area contributed by atoms with Crippen LogP contribution in [0.1, 0.15) is 5.56 Å². The van der Waals surface area contributed by atoms with Gasteiger partial charge in [0.25, 0.3) is 0 Å². The Labute approximate surface area is 62.9 Å². The molecule has 0 unspecified atom stereocenters. The van der Waals surface area contributed by atoms with Gasteiger partial charge in [-0.15, -0.1) is 0 Å². The van der Waals surface area contributed by atoms with Gasteiger partial charge in [-0.3, -0.25) is 0 Å². The van der Waals surface area contributed by atoms with Crippen LogP contribution in [0.15, 0.2) is 29.0 Å². The molecule has 2 rings (SSSR count). The van der Waals surface area contributed by atoms with Gasteiger partial charge in [0.15, 0.2) is 12.0 Å². The molecular formula is C8H4N2O. The van der Waals surface area contributed by atoms with Crippen molar-refractivity contribution in [3.63, 3.8) is 0 Å². The van der Waals surface area contributed by atoms with Gasteiger partial charge in [0.05, 0.1) is 5.56 Å². The topological polar surface area (TPSA) is 49.8 Å². The molecule has 0 saturated carbocycles. The van der Waals surface area contributed by atoms with Crippen LogP contribution >= 0.6 is 0 Å². The fourth-order valence-electron chi connectivity index (χ4n) is 0.977. The number of nitriles is 1. The lowest BCUT2D eigenvalue weighted by molar-refractivity contribution is 0.602. The lowest BCUT2D eigenvalue weighted by Crippen LogP contribution is -1.75. The molecule has 0 spiro atoms. The Balaban J connectivity index is 2.92. The molecule has 1 aromatic heterocycles. The first-order valence-corrected chi connectivity index (χ1v) is 3.14. The molecule has 0 aliphatic carbocycles. The smallest absolute Gasteiger partial charge is 0.182 e. The lowest BCUT2D eigenvalue weighted by atomic mass is 10.2. The molecule has 3 nitrogen and oxygen atoms in total. The second-order valence-electron chi connectivity index (χ2n) is 2.12. The van der Waals surface area contributed by atoms with Gasteiger partial charge in [-0.1, -0.05) is 6.07 Å². The molecule has 1 heterocycles. The first kappa shape index (κ1) is 5.93. The van der Waals surface area contributed by atoms with E-state index in [2.05, 4.69) is 4.98 Å². The normalized spacial score (nSPS) is 9.73. The minimum atomic E-state index is 0.552. The standard InChI is InChI=1S/C8H4N2O/c9-4-6-2-1-3-7-8(6)10-5-11-7/h1-3,5H. The third kappa shape index (κ3) is 0.767. The number of para-hydroxylation sites is 1. The van der Waals surface area contributed by atoms with Crippen molar-refractivity contribution in [2.45, 2.75) is 0 Å². The maximum Gasteiger partial charge on any atom is 0.182 e. The zero-order valence-electron chi connectivity index (χ0n) is 5.61. The van der Waals surface area contributed by atoms with E-state index in [0.29, 0.717) is 16.7 Å². The van der Waals surface area contributed by atoms with E-state index < -0.39 is 0 Å². The quantitative estimate of drug-likeness (QED) is 0.565. The summed E-state index contributed by atoms with van der Waals surface area (Å²) in [5.41, 5.74) is 1.84. The molecule has 0 aliphatic rings. The highest BCUT2D eigenvalue weighted by Gasteiger charge is 2.01. The zero-order chi connectivity index (χ0) is 7.68. The number of nitrogens with zero attached hydrogens (tertiary/aromatic N) is 2. The van der Waals surface area contributed by atoms with Crippen molar-refractivity contribution in [2.24, 2.45) is 0 Å². The second kappa shape index (κ2) is 2.10. The molecule has 3 heteroatoms. The van der Waals surface area contributed by atoms with Gasteiger partial charge in [0.1, 0.15) is 11.6 Å². The molecule has 2 aromatic rings. The van der Waals surface area contributed by atoms with Gasteiger partial charge < -0.3 is 4.42 Å². The monoisotopic (exact) mass is 144 g/mol. The van der Waals surface area contributed by atoms with Crippen LogP contribution in [0.5, 0.6) is 0 Å². The third-order valence-electron chi connectivity index (χ3n) is 1.48. The summed E-state index contributed by atoms with van der Waals surface area (Å²) >= 11 is 0. The summed E-state index contributed by atoms with van der Waals surface area (Å²) in [6.45, 7) is 0. The van der Waals surface area contributed by atoms with Gasteiger partial charge in [-0.2, -0.15) is 5.26 Å². The van der Waals surface area contributed by atoms with Crippen LogP contribution in [0.2, 0.25) is 0 Å². The van der Waals surface area contributed by atoms with Crippen LogP contribution in [-0.4, -0.2) is 4.98 Å². The van der Waals surface area contributed by atoms with Crippen molar-refractivity contribution in [1.29, 1.82) is 5.26 Å². The summed E-state index contributed by atoms with van der Waals surface area (Å²) in [5, 5.41) is 8.62. The molecule has 0 atom stereocenters. The van der Waals surface area contributed by atoms with E-state index in [1.54, 1.807) is 18.2 Å². The largest absolute Gasteiger partial charge is 0.443 e. The fourth-order valence-corrected chi connectivity index (χ4v) is 0.977. The first-order chi connectivity index (χ1) is 5.42. The zero-order valence-corrected chi connectivity index (χ0v) is 5.61. The maximum absolute atomic E-state index is 8.62. The number of benzene rings is 1. The molecule has 0 fully saturated rings. The van der Waals surface area contributed by atoms with E-state index in [1.807, 2.05) is 6.07 Å². The Morgan fingerprint density at radius 3 is 3.18 bits per heavy atom. The van der Waals surface area contributed by atoms with Gasteiger partial charge >= 0.3 is 0 Å². The molecule has 0 saturated heterocycles. The average Bonchev–Trinajstić information content (AvgIpc) is 2.50. The van der Waals surface area contributed by atoms with Crippen molar-refractivity contribution in [3.8, 4) is 6.07 Å². The van der Waals surface area contributed by atoms with Gasteiger partial charge in [-0.05, 0) is 12.1 Å². The average molecular weight is 144 g/mol. The Kier molecular flexibility index (Phi) is 1.13. The van der Waals surface area contributed by atoms with Crippen molar-refractivity contribution in [2.75, 3.05) is 0 Å². The van der Waals surface area contributed by atoms with Gasteiger partial charge in [0.2, 0.25) is 0 Å². The third-order valence-corrected chi connectivity index (χ3v) is 1.48. The molecule has 0 aliphatic heterocycles. The van der Waals surface area contributed by atoms with E-state index >= 15 is 0 Å². The van der Waals surface area contributed by atoms with Crippen LogP contribution in [0.4, 0.5) is 0 Å². The van der Waals surface area contributed by atoms with Gasteiger partial charge in [0, 0.05) is 0 Å². The predicted octanol–water partition coefficient (Wildman–Crippen LogP) is 1.70. The summed E-state index contributed by atoms with van der Waals surface area (Å²) in [7, 11) is 0. The summed E-state index contributed by atoms with van der Waals surface area (Å²) in [6.07, 6.45) is 1.34. The Hall–Kier alpha value is -1.82. The molecular weight excluding hydrogens is 140 g/mol. The molecule has 52 valence electrons. The highest BCUT2D eigenvalue weighted by molar-refractivity contribution is 5.78. The van der Waals surface area contributed by atoms with Crippen molar-refractivity contribution in [1.82, 2.24) is 4.98 Å². The Bertz CT molecular complexity index is 425. The van der Waals surface area contributed by atoms with Crippen molar-refractivity contribution >= 4 is 11.1 Å². The number of fused-ring (bicyclic) bond motifs is 1. The fraction of sp³-hybridized carbons (Fsp3) is 0. The van der Waals surface area contributed by atoms with E-state index in [0.717, 1.165) is 0 Å². The van der Waals surface area contributed by atoms with Gasteiger partial charge in [-0.25, -0.2) is 4.98 Å².